The Morgan fingerprint density at radius 2 is 1.91 bits per heavy atom. The van der Waals surface area contributed by atoms with Crippen molar-refractivity contribution in [3.63, 3.8) is 0 Å². The minimum atomic E-state index is -0.0420. The Kier molecular flexibility index (Phi) is 7.19. The third-order valence-electron chi connectivity index (χ3n) is 4.49. The van der Waals surface area contributed by atoms with E-state index in [1.807, 2.05) is 18.2 Å². The Hall–Kier alpha value is -0.770. The number of carbonyl (C=O) groups is 1. The van der Waals surface area contributed by atoms with Crippen molar-refractivity contribution in [1.29, 1.82) is 0 Å². The van der Waals surface area contributed by atoms with Gasteiger partial charge >= 0.3 is 0 Å². The number of nitrogens with zero attached hydrogens (tertiary/aromatic N) is 1. The molecule has 1 aromatic rings. The van der Waals surface area contributed by atoms with Crippen molar-refractivity contribution in [3.05, 3.63) is 34.9 Å². The Bertz CT molecular complexity index is 528. The molecule has 1 aliphatic heterocycles. The van der Waals surface area contributed by atoms with Crippen LogP contribution in [0, 0.1) is 5.92 Å². The number of halogens is 2. The zero-order valence-electron chi connectivity index (χ0n) is 13.9. The lowest BCUT2D eigenvalue weighted by atomic mass is 10.0. The van der Waals surface area contributed by atoms with Gasteiger partial charge in [-0.05, 0) is 49.0 Å². The minimum absolute atomic E-state index is 0.0420. The fourth-order valence-electron chi connectivity index (χ4n) is 2.97. The van der Waals surface area contributed by atoms with E-state index in [1.165, 1.54) is 12.8 Å². The van der Waals surface area contributed by atoms with Crippen molar-refractivity contribution < 1.29 is 4.79 Å². The van der Waals surface area contributed by atoms with E-state index in [4.69, 9.17) is 23.2 Å². The molecule has 0 saturated carbocycles. The molecule has 0 radical (unpaired) electrons. The summed E-state index contributed by atoms with van der Waals surface area (Å²) in [5, 5.41) is 3.20. The summed E-state index contributed by atoms with van der Waals surface area (Å²) in [5.74, 6) is 1.09. The predicted octanol–water partition coefficient (Wildman–Crippen LogP) is 4.01. The molecule has 1 aliphatic rings. The molecule has 1 N–H and O–H groups in total. The number of alkyl halides is 2. The molecule has 5 heteroatoms. The second kappa shape index (κ2) is 8.91. The monoisotopic (exact) mass is 356 g/mol. The number of amides is 1. The van der Waals surface area contributed by atoms with Gasteiger partial charge in [-0.2, -0.15) is 0 Å². The number of benzene rings is 1. The largest absolute Gasteiger partial charge is 0.348 e. The van der Waals surface area contributed by atoms with Gasteiger partial charge in [-0.3, -0.25) is 4.79 Å². The quantitative estimate of drug-likeness (QED) is 0.748. The predicted molar refractivity (Wildman–Crippen MR) is 97.3 cm³/mol. The van der Waals surface area contributed by atoms with Crippen LogP contribution in [-0.2, 0) is 11.8 Å². The molecule has 0 bridgehead atoms. The summed E-state index contributed by atoms with van der Waals surface area (Å²) in [4.78, 5) is 15.1. The van der Waals surface area contributed by atoms with Gasteiger partial charge in [0.05, 0.1) is 0 Å². The zero-order chi connectivity index (χ0) is 16.8. The summed E-state index contributed by atoms with van der Waals surface area (Å²) in [6, 6.07) is 5.79. The van der Waals surface area contributed by atoms with E-state index in [9.17, 15) is 4.79 Å². The lowest BCUT2D eigenvalue weighted by Gasteiger charge is -2.27. The van der Waals surface area contributed by atoms with Crippen LogP contribution < -0.4 is 5.32 Å². The average Bonchev–Trinajstić information content (AvgIpc) is 3.06. The van der Waals surface area contributed by atoms with Crippen LogP contribution in [0.25, 0.3) is 0 Å². The van der Waals surface area contributed by atoms with Gasteiger partial charge in [0.2, 0.25) is 0 Å². The highest BCUT2D eigenvalue weighted by Gasteiger charge is 2.23. The molecular formula is C18H26Cl2N2O. The van der Waals surface area contributed by atoms with Crippen molar-refractivity contribution >= 4 is 29.1 Å². The standard InChI is InChI=1S/C18H26Cl2N2O/c1-13(2)17(12-22-7-3-4-8-22)21-18(23)16-6-5-14(10-19)9-15(16)11-20/h5-6,9,13,17H,3-4,7-8,10-12H2,1-2H3,(H,21,23). The first-order valence-corrected chi connectivity index (χ1v) is 9.39. The van der Waals surface area contributed by atoms with Crippen LogP contribution in [0.4, 0.5) is 0 Å². The first-order valence-electron chi connectivity index (χ1n) is 8.32. The maximum Gasteiger partial charge on any atom is 0.251 e. The highest BCUT2D eigenvalue weighted by Crippen LogP contribution is 2.17. The molecule has 1 saturated heterocycles. The molecule has 1 heterocycles. The number of carbonyl (C=O) groups excluding carboxylic acids is 1. The maximum atomic E-state index is 12.7. The molecule has 3 nitrogen and oxygen atoms in total. The normalized spacial score (nSPS) is 16.7. The van der Waals surface area contributed by atoms with Gasteiger partial charge in [0, 0.05) is 29.9 Å². The van der Waals surface area contributed by atoms with Crippen molar-refractivity contribution in [2.24, 2.45) is 5.92 Å². The molecule has 0 aliphatic carbocycles. The Morgan fingerprint density at radius 1 is 1.22 bits per heavy atom. The Morgan fingerprint density at radius 3 is 2.48 bits per heavy atom. The molecule has 0 aromatic heterocycles. The minimum Gasteiger partial charge on any atom is -0.348 e. The molecule has 2 rings (SSSR count). The van der Waals surface area contributed by atoms with E-state index in [0.29, 0.717) is 23.2 Å². The SMILES string of the molecule is CC(C)C(CN1CCCC1)NC(=O)c1ccc(CCl)cc1CCl. The fourth-order valence-corrected chi connectivity index (χ4v) is 3.36. The van der Waals surface area contributed by atoms with Gasteiger partial charge in [-0.25, -0.2) is 0 Å². The summed E-state index contributed by atoms with van der Waals surface area (Å²) in [5.41, 5.74) is 2.48. The van der Waals surface area contributed by atoms with Crippen LogP contribution in [0.5, 0.6) is 0 Å². The molecule has 1 aromatic carbocycles. The Labute approximate surface area is 149 Å². The fraction of sp³-hybridized carbons (Fsp3) is 0.611. The molecule has 128 valence electrons. The summed E-state index contributed by atoms with van der Waals surface area (Å²) in [6.45, 7) is 7.49. The summed E-state index contributed by atoms with van der Waals surface area (Å²) in [6.07, 6.45) is 2.52. The van der Waals surface area contributed by atoms with Crippen molar-refractivity contribution in [3.8, 4) is 0 Å². The highest BCUT2D eigenvalue weighted by atomic mass is 35.5. The average molecular weight is 357 g/mol. The molecule has 0 spiro atoms. The molecule has 1 atom stereocenters. The van der Waals surface area contributed by atoms with E-state index in [2.05, 4.69) is 24.1 Å². The van der Waals surface area contributed by atoms with Crippen LogP contribution in [0.15, 0.2) is 18.2 Å². The molecule has 1 fully saturated rings. The van der Waals surface area contributed by atoms with Crippen LogP contribution >= 0.6 is 23.2 Å². The van der Waals surface area contributed by atoms with E-state index >= 15 is 0 Å². The van der Waals surface area contributed by atoms with Crippen LogP contribution in [0.2, 0.25) is 0 Å². The second-order valence-electron chi connectivity index (χ2n) is 6.59. The number of likely N-dealkylation sites (tertiary alicyclic amines) is 1. The molecular weight excluding hydrogens is 331 g/mol. The summed E-state index contributed by atoms with van der Waals surface area (Å²) >= 11 is 11.9. The van der Waals surface area contributed by atoms with E-state index in [-0.39, 0.29) is 11.9 Å². The topological polar surface area (TPSA) is 32.3 Å². The smallest absolute Gasteiger partial charge is 0.251 e. The van der Waals surface area contributed by atoms with Crippen molar-refractivity contribution in [2.75, 3.05) is 19.6 Å². The van der Waals surface area contributed by atoms with E-state index < -0.39 is 0 Å². The van der Waals surface area contributed by atoms with Gasteiger partial charge in [-0.1, -0.05) is 26.0 Å². The second-order valence-corrected chi connectivity index (χ2v) is 7.12. The first kappa shape index (κ1) is 18.6. The van der Waals surface area contributed by atoms with Crippen LogP contribution in [0.1, 0.15) is 48.2 Å². The zero-order valence-corrected chi connectivity index (χ0v) is 15.5. The first-order chi connectivity index (χ1) is 11.0. The maximum absolute atomic E-state index is 12.7. The molecule has 1 unspecified atom stereocenters. The van der Waals surface area contributed by atoms with Gasteiger partial charge in [-0.15, -0.1) is 23.2 Å². The van der Waals surface area contributed by atoms with E-state index in [1.54, 1.807) is 0 Å². The third-order valence-corrected chi connectivity index (χ3v) is 5.08. The number of hydrogen-bond donors (Lipinski definition) is 1. The van der Waals surface area contributed by atoms with Gasteiger partial charge in [0.15, 0.2) is 0 Å². The highest BCUT2D eigenvalue weighted by molar-refractivity contribution is 6.18. The lowest BCUT2D eigenvalue weighted by Crippen LogP contribution is -2.46. The van der Waals surface area contributed by atoms with Crippen molar-refractivity contribution in [2.45, 2.75) is 44.5 Å². The Balaban J connectivity index is 2.08. The summed E-state index contributed by atoms with van der Waals surface area (Å²) in [7, 11) is 0. The number of rotatable bonds is 7. The summed E-state index contributed by atoms with van der Waals surface area (Å²) < 4.78 is 0. The van der Waals surface area contributed by atoms with Gasteiger partial charge < -0.3 is 10.2 Å². The number of nitrogens with one attached hydrogen (secondary N) is 1. The van der Waals surface area contributed by atoms with E-state index in [0.717, 1.165) is 30.8 Å². The lowest BCUT2D eigenvalue weighted by molar-refractivity contribution is 0.0912. The van der Waals surface area contributed by atoms with Gasteiger partial charge in [0.25, 0.3) is 5.91 Å². The van der Waals surface area contributed by atoms with Gasteiger partial charge in [0.1, 0.15) is 0 Å². The third kappa shape index (κ3) is 5.10. The van der Waals surface area contributed by atoms with Crippen molar-refractivity contribution in [1.82, 2.24) is 10.2 Å². The number of hydrogen-bond acceptors (Lipinski definition) is 2. The molecule has 23 heavy (non-hydrogen) atoms. The van der Waals surface area contributed by atoms with Crippen LogP contribution in [0.3, 0.4) is 0 Å². The molecule has 1 amide bonds. The van der Waals surface area contributed by atoms with Crippen LogP contribution in [-0.4, -0.2) is 36.5 Å².